The largest absolute Gasteiger partial charge is 0.396 e. The lowest BCUT2D eigenvalue weighted by molar-refractivity contribution is 0.322. The van der Waals surface area contributed by atoms with E-state index in [0.717, 1.165) is 17.3 Å². The molecular formula is C6H13FOS2. The lowest BCUT2D eigenvalue weighted by Crippen LogP contribution is -1.92. The minimum absolute atomic E-state index is 0.227. The minimum Gasteiger partial charge on any atom is -0.396 e. The predicted molar refractivity (Wildman–Crippen MR) is 47.7 cm³/mol. The van der Waals surface area contributed by atoms with Crippen molar-refractivity contribution in [3.05, 3.63) is 0 Å². The van der Waals surface area contributed by atoms with Crippen LogP contribution in [0.5, 0.6) is 0 Å². The fraction of sp³-hybridized carbons (Fsp3) is 1.00. The first-order valence-electron chi connectivity index (χ1n) is 3.24. The first kappa shape index (κ1) is 10.6. The monoisotopic (exact) mass is 184 g/mol. The van der Waals surface area contributed by atoms with Crippen LogP contribution in [0.25, 0.3) is 0 Å². The highest BCUT2D eigenvalue weighted by atomic mass is 32.2. The van der Waals surface area contributed by atoms with Crippen molar-refractivity contribution < 1.29 is 9.50 Å². The summed E-state index contributed by atoms with van der Waals surface area (Å²) in [5.41, 5.74) is 0. The second kappa shape index (κ2) is 9.59. The van der Waals surface area contributed by atoms with Gasteiger partial charge in [-0.15, -0.1) is 0 Å². The van der Waals surface area contributed by atoms with Crippen LogP contribution in [0, 0.1) is 0 Å². The van der Waals surface area contributed by atoms with Crippen molar-refractivity contribution in [1.29, 1.82) is 0 Å². The molecule has 0 heterocycles. The zero-order chi connectivity index (χ0) is 7.66. The zero-order valence-corrected chi connectivity index (χ0v) is 7.52. The molecule has 0 aromatic heterocycles. The summed E-state index contributed by atoms with van der Waals surface area (Å²) in [5.74, 6) is 3.43. The molecule has 0 saturated heterocycles. The zero-order valence-electron chi connectivity index (χ0n) is 5.88. The molecule has 0 fully saturated rings. The molecule has 0 aromatic rings. The van der Waals surface area contributed by atoms with Gasteiger partial charge in [-0.2, -0.15) is 23.5 Å². The highest BCUT2D eigenvalue weighted by Gasteiger charge is 1.88. The second-order valence-corrected chi connectivity index (χ2v) is 4.09. The fourth-order valence-electron chi connectivity index (χ4n) is 0.441. The average molecular weight is 184 g/mol. The Bertz CT molecular complexity index is 55.7. The van der Waals surface area contributed by atoms with E-state index in [4.69, 9.17) is 5.11 Å². The van der Waals surface area contributed by atoms with E-state index >= 15 is 0 Å². The Balaban J connectivity index is 2.65. The topological polar surface area (TPSA) is 20.2 Å². The summed E-state index contributed by atoms with van der Waals surface area (Å²) < 4.78 is 11.5. The molecule has 0 unspecified atom stereocenters. The maximum Gasteiger partial charge on any atom is 0.0984 e. The van der Waals surface area contributed by atoms with Crippen molar-refractivity contribution in [2.24, 2.45) is 0 Å². The Morgan fingerprint density at radius 2 is 1.60 bits per heavy atom. The van der Waals surface area contributed by atoms with Gasteiger partial charge in [-0.3, -0.25) is 4.39 Å². The highest BCUT2D eigenvalue weighted by molar-refractivity contribution is 8.02. The molecule has 1 nitrogen and oxygen atoms in total. The van der Waals surface area contributed by atoms with E-state index in [1.807, 2.05) is 0 Å². The van der Waals surface area contributed by atoms with Crippen LogP contribution in [0.3, 0.4) is 0 Å². The molecule has 0 saturated carbocycles. The number of aliphatic hydroxyl groups excluding tert-OH is 1. The Labute approximate surface area is 69.8 Å². The summed E-state index contributed by atoms with van der Waals surface area (Å²) in [6.45, 7) is 0.0216. The molecule has 0 rings (SSSR count). The summed E-state index contributed by atoms with van der Waals surface area (Å²) in [5, 5.41) is 8.38. The number of halogens is 1. The van der Waals surface area contributed by atoms with Gasteiger partial charge in [0.25, 0.3) is 0 Å². The lowest BCUT2D eigenvalue weighted by Gasteiger charge is -1.97. The van der Waals surface area contributed by atoms with Crippen LogP contribution in [-0.4, -0.2) is 41.4 Å². The smallest absolute Gasteiger partial charge is 0.0984 e. The number of aliphatic hydroxyl groups is 1. The molecule has 0 atom stereocenters. The SMILES string of the molecule is OCCSCCSCCF. The van der Waals surface area contributed by atoms with Crippen LogP contribution in [0.2, 0.25) is 0 Å². The number of thioether (sulfide) groups is 2. The van der Waals surface area contributed by atoms with Crippen LogP contribution in [-0.2, 0) is 0 Å². The van der Waals surface area contributed by atoms with Crippen LogP contribution in [0.4, 0.5) is 4.39 Å². The summed E-state index contributed by atoms with van der Waals surface area (Å²) in [6, 6.07) is 0. The number of hydrogen-bond acceptors (Lipinski definition) is 3. The van der Waals surface area contributed by atoms with Gasteiger partial charge in [0.2, 0.25) is 0 Å². The van der Waals surface area contributed by atoms with Gasteiger partial charge in [-0.1, -0.05) is 0 Å². The third-order valence-electron chi connectivity index (χ3n) is 0.829. The molecule has 62 valence electrons. The molecule has 1 N–H and O–H groups in total. The quantitative estimate of drug-likeness (QED) is 0.604. The van der Waals surface area contributed by atoms with Crippen molar-refractivity contribution in [1.82, 2.24) is 0 Å². The van der Waals surface area contributed by atoms with E-state index < -0.39 is 0 Å². The molecule has 0 amide bonds. The van der Waals surface area contributed by atoms with E-state index in [1.165, 1.54) is 0 Å². The van der Waals surface area contributed by atoms with Crippen molar-refractivity contribution in [2.75, 3.05) is 36.3 Å². The second-order valence-electron chi connectivity index (χ2n) is 1.64. The van der Waals surface area contributed by atoms with Crippen molar-refractivity contribution >= 4 is 23.5 Å². The minimum atomic E-state index is -0.227. The molecule has 0 aliphatic rings. The maximum atomic E-state index is 11.5. The predicted octanol–water partition coefficient (Wildman–Crippen LogP) is 1.41. The van der Waals surface area contributed by atoms with Crippen LogP contribution in [0.15, 0.2) is 0 Å². The third kappa shape index (κ3) is 8.59. The standard InChI is InChI=1S/C6H13FOS2/c7-1-3-9-5-6-10-4-2-8/h8H,1-6H2. The van der Waals surface area contributed by atoms with Gasteiger partial charge in [-0.05, 0) is 0 Å². The molecule has 4 heteroatoms. The fourth-order valence-corrected chi connectivity index (χ4v) is 2.03. The van der Waals surface area contributed by atoms with Gasteiger partial charge in [0.15, 0.2) is 0 Å². The Morgan fingerprint density at radius 3 is 2.10 bits per heavy atom. The van der Waals surface area contributed by atoms with Crippen molar-refractivity contribution in [2.45, 2.75) is 0 Å². The number of hydrogen-bond donors (Lipinski definition) is 1. The molecule has 0 radical (unpaired) electrons. The van der Waals surface area contributed by atoms with Crippen LogP contribution >= 0.6 is 23.5 Å². The summed E-state index contributed by atoms with van der Waals surface area (Å²) in [4.78, 5) is 0. The lowest BCUT2D eigenvalue weighted by atomic mass is 10.9. The van der Waals surface area contributed by atoms with Gasteiger partial charge < -0.3 is 5.11 Å². The van der Waals surface area contributed by atoms with Gasteiger partial charge in [-0.25, -0.2) is 0 Å². The summed E-state index contributed by atoms with van der Waals surface area (Å²) >= 11 is 3.34. The molecule has 0 spiro atoms. The Kier molecular flexibility index (Phi) is 10.2. The molecule has 0 aliphatic carbocycles. The maximum absolute atomic E-state index is 11.5. The van der Waals surface area contributed by atoms with Crippen molar-refractivity contribution in [3.63, 3.8) is 0 Å². The average Bonchev–Trinajstić information content (AvgIpc) is 1.97. The molecule has 0 aliphatic heterocycles. The normalized spacial score (nSPS) is 10.2. The molecule has 0 bridgehead atoms. The van der Waals surface area contributed by atoms with Gasteiger partial charge in [0.1, 0.15) is 0 Å². The van der Waals surface area contributed by atoms with Crippen molar-refractivity contribution in [3.8, 4) is 0 Å². The van der Waals surface area contributed by atoms with E-state index in [0.29, 0.717) is 5.75 Å². The van der Waals surface area contributed by atoms with E-state index in [1.54, 1.807) is 23.5 Å². The summed E-state index contributed by atoms with van der Waals surface area (Å²) in [6.07, 6.45) is 0. The summed E-state index contributed by atoms with van der Waals surface area (Å²) in [7, 11) is 0. The Hall–Kier alpha value is 0.590. The highest BCUT2D eigenvalue weighted by Crippen LogP contribution is 2.05. The Morgan fingerprint density at radius 1 is 1.00 bits per heavy atom. The van der Waals surface area contributed by atoms with Crippen LogP contribution in [0.1, 0.15) is 0 Å². The number of rotatable bonds is 7. The number of alkyl halides is 1. The van der Waals surface area contributed by atoms with Gasteiger partial charge >= 0.3 is 0 Å². The third-order valence-corrected chi connectivity index (χ3v) is 2.99. The molecular weight excluding hydrogens is 171 g/mol. The first-order chi connectivity index (χ1) is 4.91. The molecule has 10 heavy (non-hydrogen) atoms. The van der Waals surface area contributed by atoms with Gasteiger partial charge in [0.05, 0.1) is 13.3 Å². The first-order valence-corrected chi connectivity index (χ1v) is 5.55. The van der Waals surface area contributed by atoms with Crippen LogP contribution < -0.4 is 0 Å². The van der Waals surface area contributed by atoms with E-state index in [-0.39, 0.29) is 13.3 Å². The van der Waals surface area contributed by atoms with E-state index in [2.05, 4.69) is 0 Å². The van der Waals surface area contributed by atoms with Gasteiger partial charge in [0, 0.05) is 23.0 Å². The molecule has 0 aromatic carbocycles. The van der Waals surface area contributed by atoms with E-state index in [9.17, 15) is 4.39 Å².